The van der Waals surface area contributed by atoms with E-state index in [2.05, 4.69) is 32.4 Å². The molecule has 0 unspecified atom stereocenters. The van der Waals surface area contributed by atoms with E-state index in [4.69, 9.17) is 10.5 Å². The largest absolute Gasteiger partial charge is 0.457 e. The van der Waals surface area contributed by atoms with Crippen LogP contribution in [0.25, 0.3) is 10.8 Å². The zero-order valence-corrected chi connectivity index (χ0v) is 16.8. The Hall–Kier alpha value is -3.65. The van der Waals surface area contributed by atoms with E-state index >= 15 is 0 Å². The Labute approximate surface area is 177 Å². The van der Waals surface area contributed by atoms with Gasteiger partial charge in [-0.2, -0.15) is 15.0 Å². The number of nitrogen functional groups attached to an aromatic ring is 1. The Balaban J connectivity index is 1.32. The molecule has 0 radical (unpaired) electrons. The number of hydrogen-bond acceptors (Lipinski definition) is 8. The number of esters is 1. The van der Waals surface area contributed by atoms with Gasteiger partial charge in [0.15, 0.2) is 12.4 Å². The first-order valence-corrected chi connectivity index (χ1v) is 10.2. The first kappa shape index (κ1) is 19.7. The van der Waals surface area contributed by atoms with E-state index < -0.39 is 0 Å². The number of para-hydroxylation sites is 1. The lowest BCUT2D eigenvalue weighted by atomic mass is 10.1. The number of thioether (sulfide) groups is 1. The van der Waals surface area contributed by atoms with Crippen LogP contribution in [0.4, 0.5) is 17.6 Å². The van der Waals surface area contributed by atoms with E-state index in [1.165, 1.54) is 11.8 Å². The average molecular weight is 417 g/mol. The fourth-order valence-electron chi connectivity index (χ4n) is 2.80. The second-order valence-electron chi connectivity index (χ2n) is 6.38. The lowest BCUT2D eigenvalue weighted by Gasteiger charge is -2.08. The van der Waals surface area contributed by atoms with Gasteiger partial charge >= 0.3 is 5.97 Å². The van der Waals surface area contributed by atoms with Crippen LogP contribution in [0, 0.1) is 0 Å². The summed E-state index contributed by atoms with van der Waals surface area (Å²) in [6, 6.07) is 23.6. The van der Waals surface area contributed by atoms with Gasteiger partial charge in [-0.3, -0.25) is 4.79 Å². The number of hydrogen-bond donors (Lipinski definition) is 2. The molecule has 30 heavy (non-hydrogen) atoms. The molecule has 0 aliphatic heterocycles. The molecule has 3 aromatic carbocycles. The van der Waals surface area contributed by atoms with E-state index in [0.29, 0.717) is 5.95 Å². The van der Waals surface area contributed by atoms with Crippen molar-refractivity contribution in [3.8, 4) is 0 Å². The Morgan fingerprint density at radius 1 is 0.933 bits per heavy atom. The Morgan fingerprint density at radius 2 is 1.70 bits per heavy atom. The summed E-state index contributed by atoms with van der Waals surface area (Å²) in [6.45, 7) is -0.0761. The maximum atomic E-state index is 12.2. The van der Waals surface area contributed by atoms with Crippen molar-refractivity contribution >= 4 is 46.1 Å². The molecule has 0 fully saturated rings. The number of nitrogens with one attached hydrogen (secondary N) is 1. The fraction of sp³-hybridized carbons (Fsp3) is 0.0909. The molecule has 0 atom stereocenters. The lowest BCUT2D eigenvalue weighted by Crippen LogP contribution is -2.12. The van der Waals surface area contributed by atoms with Gasteiger partial charge in [-0.05, 0) is 35.0 Å². The van der Waals surface area contributed by atoms with Crippen molar-refractivity contribution in [2.75, 3.05) is 16.8 Å². The van der Waals surface area contributed by atoms with Gasteiger partial charge in [0.25, 0.3) is 0 Å². The zero-order valence-electron chi connectivity index (χ0n) is 16.0. The maximum absolute atomic E-state index is 12.2. The van der Waals surface area contributed by atoms with Crippen molar-refractivity contribution in [3.63, 3.8) is 0 Å². The van der Waals surface area contributed by atoms with Crippen LogP contribution in [0.1, 0.15) is 5.82 Å². The first-order chi connectivity index (χ1) is 14.7. The van der Waals surface area contributed by atoms with Gasteiger partial charge < -0.3 is 15.8 Å². The molecular weight excluding hydrogens is 398 g/mol. The van der Waals surface area contributed by atoms with Crippen molar-refractivity contribution in [3.05, 3.63) is 78.6 Å². The Morgan fingerprint density at radius 3 is 2.53 bits per heavy atom. The summed E-state index contributed by atoms with van der Waals surface area (Å²) in [5.74, 6) is 0.466. The predicted octanol–water partition coefficient (Wildman–Crippen LogP) is 4.19. The van der Waals surface area contributed by atoms with Crippen molar-refractivity contribution in [1.29, 1.82) is 0 Å². The highest BCUT2D eigenvalue weighted by atomic mass is 32.2. The number of nitrogens with zero attached hydrogens (tertiary/aromatic N) is 3. The van der Waals surface area contributed by atoms with Crippen LogP contribution in [0.15, 0.2) is 77.7 Å². The highest BCUT2D eigenvalue weighted by Gasteiger charge is 2.10. The van der Waals surface area contributed by atoms with Crippen molar-refractivity contribution in [1.82, 2.24) is 15.0 Å². The molecule has 4 rings (SSSR count). The zero-order chi connectivity index (χ0) is 20.8. The number of aromatic nitrogens is 3. The van der Waals surface area contributed by atoms with Crippen molar-refractivity contribution < 1.29 is 9.53 Å². The molecule has 0 aliphatic carbocycles. The smallest absolute Gasteiger partial charge is 0.316 e. The van der Waals surface area contributed by atoms with Crippen LogP contribution in [-0.2, 0) is 16.1 Å². The molecule has 1 heterocycles. The third-order valence-electron chi connectivity index (χ3n) is 4.17. The fourth-order valence-corrected chi connectivity index (χ4v) is 3.54. The second kappa shape index (κ2) is 9.23. The Bertz CT molecular complexity index is 1170. The van der Waals surface area contributed by atoms with E-state index in [1.54, 1.807) is 0 Å². The summed E-state index contributed by atoms with van der Waals surface area (Å²) in [4.78, 5) is 25.5. The maximum Gasteiger partial charge on any atom is 0.316 e. The minimum Gasteiger partial charge on any atom is -0.457 e. The summed E-state index contributed by atoms with van der Waals surface area (Å²) < 4.78 is 5.30. The van der Waals surface area contributed by atoms with E-state index in [-0.39, 0.29) is 30.1 Å². The minimum atomic E-state index is -0.357. The standard InChI is InChI=1S/C22H19N5O2S/c23-21-25-19(26-22(27-21)24-17-8-2-1-3-9-17)13-29-20(28)14-30-18-11-10-15-6-4-5-7-16(15)12-18/h1-12H,13-14H2,(H3,23,24,25,26,27). The van der Waals surface area contributed by atoms with Crippen LogP contribution < -0.4 is 11.1 Å². The average Bonchev–Trinajstić information content (AvgIpc) is 2.76. The molecule has 4 aromatic rings. The van der Waals surface area contributed by atoms with Crippen LogP contribution in [-0.4, -0.2) is 26.7 Å². The van der Waals surface area contributed by atoms with Gasteiger partial charge in [0.05, 0.1) is 5.75 Å². The summed E-state index contributed by atoms with van der Waals surface area (Å²) in [7, 11) is 0. The van der Waals surface area contributed by atoms with Crippen LogP contribution in [0.3, 0.4) is 0 Å². The topological polar surface area (TPSA) is 103 Å². The number of benzene rings is 3. The predicted molar refractivity (Wildman–Crippen MR) is 118 cm³/mol. The molecule has 150 valence electrons. The number of carbonyl (C=O) groups is 1. The number of anilines is 3. The third kappa shape index (κ3) is 5.24. The molecule has 0 bridgehead atoms. The van der Waals surface area contributed by atoms with E-state index in [0.717, 1.165) is 21.4 Å². The quantitative estimate of drug-likeness (QED) is 0.341. The summed E-state index contributed by atoms with van der Waals surface area (Å²) in [5.41, 5.74) is 6.57. The Kier molecular flexibility index (Phi) is 6.05. The molecule has 0 spiro atoms. The second-order valence-corrected chi connectivity index (χ2v) is 7.43. The molecule has 0 amide bonds. The highest BCUT2D eigenvalue weighted by Crippen LogP contribution is 2.23. The van der Waals surface area contributed by atoms with Crippen molar-refractivity contribution in [2.45, 2.75) is 11.5 Å². The van der Waals surface area contributed by atoms with Gasteiger partial charge in [-0.1, -0.05) is 48.5 Å². The highest BCUT2D eigenvalue weighted by molar-refractivity contribution is 8.00. The number of fused-ring (bicyclic) bond motifs is 1. The molecule has 3 N–H and O–H groups in total. The van der Waals surface area contributed by atoms with E-state index in [1.807, 2.05) is 60.7 Å². The van der Waals surface area contributed by atoms with Crippen LogP contribution >= 0.6 is 11.8 Å². The third-order valence-corrected chi connectivity index (χ3v) is 5.14. The number of carbonyl (C=O) groups excluding carboxylic acids is 1. The molecule has 0 saturated carbocycles. The van der Waals surface area contributed by atoms with Gasteiger partial charge in [0.2, 0.25) is 11.9 Å². The van der Waals surface area contributed by atoms with Gasteiger partial charge in [0, 0.05) is 10.6 Å². The van der Waals surface area contributed by atoms with Gasteiger partial charge in [-0.15, -0.1) is 11.8 Å². The number of nitrogens with two attached hydrogens (primary N) is 1. The summed E-state index contributed by atoms with van der Waals surface area (Å²) in [6.07, 6.45) is 0. The monoisotopic (exact) mass is 417 g/mol. The van der Waals surface area contributed by atoms with Crippen molar-refractivity contribution in [2.24, 2.45) is 0 Å². The lowest BCUT2D eigenvalue weighted by molar-refractivity contribution is -0.141. The molecule has 1 aromatic heterocycles. The molecular formula is C22H19N5O2S. The molecule has 8 heteroatoms. The molecule has 0 saturated heterocycles. The van der Waals surface area contributed by atoms with Gasteiger partial charge in [0.1, 0.15) is 0 Å². The molecule has 7 nitrogen and oxygen atoms in total. The first-order valence-electron chi connectivity index (χ1n) is 9.25. The number of rotatable bonds is 7. The number of ether oxygens (including phenoxy) is 1. The molecule has 0 aliphatic rings. The van der Waals surface area contributed by atoms with Gasteiger partial charge in [-0.25, -0.2) is 0 Å². The SMILES string of the molecule is Nc1nc(COC(=O)CSc2ccc3ccccc3c2)nc(Nc2ccccc2)n1. The van der Waals surface area contributed by atoms with Crippen LogP contribution in [0.2, 0.25) is 0 Å². The van der Waals surface area contributed by atoms with Crippen LogP contribution in [0.5, 0.6) is 0 Å². The minimum absolute atomic E-state index is 0.0556. The summed E-state index contributed by atoms with van der Waals surface area (Å²) >= 11 is 1.42. The summed E-state index contributed by atoms with van der Waals surface area (Å²) in [5, 5.41) is 5.35. The normalized spacial score (nSPS) is 10.7. The van der Waals surface area contributed by atoms with E-state index in [9.17, 15) is 4.79 Å².